The molecule has 7 aromatic rings. The second-order valence-corrected chi connectivity index (χ2v) is 13.5. The first-order chi connectivity index (χ1) is 25.3. The maximum Gasteiger partial charge on any atom is 0.130 e. The van der Waals surface area contributed by atoms with Gasteiger partial charge in [-0.3, -0.25) is 0 Å². The Hall–Kier alpha value is -6.52. The van der Waals surface area contributed by atoms with Gasteiger partial charge in [-0.2, -0.15) is 0 Å². The van der Waals surface area contributed by atoms with Crippen LogP contribution in [-0.4, -0.2) is 6.54 Å². The summed E-state index contributed by atoms with van der Waals surface area (Å²) < 4.78 is 0. The van der Waals surface area contributed by atoms with E-state index >= 15 is 0 Å². The van der Waals surface area contributed by atoms with Crippen molar-refractivity contribution in [2.45, 2.75) is 12.2 Å². The number of anilines is 1. The molecule has 0 aliphatic carbocycles. The van der Waals surface area contributed by atoms with Crippen LogP contribution in [-0.2, 0) is 0 Å². The molecular weight excluding hydrogens is 621 g/mol. The van der Waals surface area contributed by atoms with Crippen molar-refractivity contribution in [2.24, 2.45) is 0 Å². The number of nitrogens with zero attached hydrogens (tertiary/aromatic N) is 1. The zero-order chi connectivity index (χ0) is 33.7. The number of hydrogen-bond acceptors (Lipinski definition) is 4. The van der Waals surface area contributed by atoms with Crippen LogP contribution in [0.5, 0.6) is 0 Å². The van der Waals surface area contributed by atoms with Gasteiger partial charge in [-0.25, -0.2) is 0 Å². The lowest BCUT2D eigenvalue weighted by atomic mass is 9.90. The number of hydrogen-bond donors (Lipinski definition) is 3. The summed E-state index contributed by atoms with van der Waals surface area (Å²) in [6, 6.07) is 53.2. The van der Waals surface area contributed by atoms with Crippen molar-refractivity contribution in [3.05, 3.63) is 204 Å². The average molecular weight is 657 g/mol. The highest BCUT2D eigenvalue weighted by Gasteiger charge is 2.38. The van der Waals surface area contributed by atoms with Gasteiger partial charge in [0.05, 0.1) is 17.4 Å². The van der Waals surface area contributed by atoms with Gasteiger partial charge >= 0.3 is 0 Å². The van der Waals surface area contributed by atoms with Crippen LogP contribution in [0.15, 0.2) is 188 Å². The predicted octanol–water partition coefficient (Wildman–Crippen LogP) is 10.5. The molecule has 4 nitrogen and oxygen atoms in total. The molecule has 2 unspecified atom stereocenters. The fourth-order valence-electron chi connectivity index (χ4n) is 8.10. The largest absolute Gasteiger partial charge is 0.387 e. The van der Waals surface area contributed by atoms with Crippen molar-refractivity contribution < 1.29 is 0 Å². The molecule has 0 fully saturated rings. The molecule has 3 heterocycles. The summed E-state index contributed by atoms with van der Waals surface area (Å²) in [6.07, 6.45) is 10.7. The fourth-order valence-corrected chi connectivity index (χ4v) is 8.10. The maximum absolute atomic E-state index is 4.07. The van der Waals surface area contributed by atoms with Crippen molar-refractivity contribution in [2.75, 3.05) is 11.4 Å². The third-order valence-corrected chi connectivity index (χ3v) is 10.5. The Morgan fingerprint density at radius 3 is 2.16 bits per heavy atom. The number of rotatable bonds is 5. The van der Waals surface area contributed by atoms with Crippen LogP contribution in [0.1, 0.15) is 28.9 Å². The van der Waals surface area contributed by atoms with Gasteiger partial charge in [0.2, 0.25) is 0 Å². The molecule has 0 bridgehead atoms. The molecular formula is C47H36N4. The van der Waals surface area contributed by atoms with Crippen LogP contribution in [0, 0.1) is 0 Å². The highest BCUT2D eigenvalue weighted by molar-refractivity contribution is 6.13. The molecule has 7 aromatic carbocycles. The van der Waals surface area contributed by atoms with Crippen LogP contribution in [0.4, 0.5) is 5.69 Å². The SMILES string of the molecule is C1=CC(c2cc(-c3cc4ccccc4c4ccccc34)cc(C3NC4=C(C=CNC4c4ccc5ccccc5c4)N3c3ccccc3)c2)=CNC1. The molecule has 0 saturated heterocycles. The van der Waals surface area contributed by atoms with E-state index < -0.39 is 0 Å². The van der Waals surface area contributed by atoms with Crippen LogP contribution in [0.2, 0.25) is 0 Å². The number of fused-ring (bicyclic) bond motifs is 4. The number of benzene rings is 7. The van der Waals surface area contributed by atoms with Crippen molar-refractivity contribution in [1.29, 1.82) is 0 Å². The molecule has 0 saturated carbocycles. The highest BCUT2D eigenvalue weighted by Crippen LogP contribution is 2.44. The van der Waals surface area contributed by atoms with Crippen LogP contribution < -0.4 is 20.9 Å². The molecule has 2 atom stereocenters. The summed E-state index contributed by atoms with van der Waals surface area (Å²) in [5.41, 5.74) is 10.7. The summed E-state index contributed by atoms with van der Waals surface area (Å²) in [5.74, 6) is 0. The zero-order valence-electron chi connectivity index (χ0n) is 28.1. The van der Waals surface area contributed by atoms with Gasteiger partial charge < -0.3 is 20.9 Å². The van der Waals surface area contributed by atoms with Gasteiger partial charge in [0.1, 0.15) is 6.17 Å². The zero-order valence-corrected chi connectivity index (χ0v) is 28.1. The molecule has 244 valence electrons. The van der Waals surface area contributed by atoms with Crippen molar-refractivity contribution >= 4 is 43.6 Å². The Bertz CT molecular complexity index is 2610. The normalized spacial score (nSPS) is 18.0. The molecule has 3 aliphatic heterocycles. The van der Waals surface area contributed by atoms with Crippen molar-refractivity contribution in [1.82, 2.24) is 16.0 Å². The number of dihydropyridines is 2. The van der Waals surface area contributed by atoms with Gasteiger partial charge in [-0.1, -0.05) is 115 Å². The molecule has 51 heavy (non-hydrogen) atoms. The van der Waals surface area contributed by atoms with Crippen LogP contribution >= 0.6 is 0 Å². The molecule has 0 radical (unpaired) electrons. The van der Waals surface area contributed by atoms with Crippen LogP contribution in [0.3, 0.4) is 0 Å². The van der Waals surface area contributed by atoms with E-state index in [9.17, 15) is 0 Å². The lowest BCUT2D eigenvalue weighted by molar-refractivity contribution is 0.590. The number of para-hydroxylation sites is 1. The van der Waals surface area contributed by atoms with E-state index in [0.717, 1.165) is 12.2 Å². The first-order valence-electron chi connectivity index (χ1n) is 17.7. The Kier molecular flexibility index (Phi) is 6.98. The fraction of sp³-hybridized carbons (Fsp3) is 0.0638. The summed E-state index contributed by atoms with van der Waals surface area (Å²) in [7, 11) is 0. The van der Waals surface area contributed by atoms with E-state index in [-0.39, 0.29) is 12.2 Å². The van der Waals surface area contributed by atoms with E-state index in [1.54, 1.807) is 0 Å². The summed E-state index contributed by atoms with van der Waals surface area (Å²) in [5, 5.41) is 18.7. The van der Waals surface area contributed by atoms with E-state index in [2.05, 4.69) is 197 Å². The third-order valence-electron chi connectivity index (χ3n) is 10.5. The lowest BCUT2D eigenvalue weighted by Gasteiger charge is -2.29. The quantitative estimate of drug-likeness (QED) is 0.161. The van der Waals surface area contributed by atoms with E-state index in [4.69, 9.17) is 0 Å². The first-order valence-corrected chi connectivity index (χ1v) is 17.7. The second-order valence-electron chi connectivity index (χ2n) is 13.5. The van der Waals surface area contributed by atoms with Crippen molar-refractivity contribution in [3.8, 4) is 11.1 Å². The first kappa shape index (κ1) is 29.4. The van der Waals surface area contributed by atoms with Gasteiger partial charge in [-0.05, 0) is 120 Å². The molecule has 3 aliphatic rings. The molecule has 3 N–H and O–H groups in total. The van der Waals surface area contributed by atoms with Gasteiger partial charge in [0.15, 0.2) is 0 Å². The number of allylic oxidation sites excluding steroid dienone is 3. The monoisotopic (exact) mass is 656 g/mol. The van der Waals surface area contributed by atoms with Gasteiger partial charge in [-0.15, -0.1) is 0 Å². The minimum atomic E-state index is -0.142. The number of nitrogens with one attached hydrogen (secondary N) is 3. The maximum atomic E-state index is 4.07. The standard InChI is InChI=1S/C47H36N4/c1-2-15-39(16-3-1)51-44-22-24-49-45(34-21-20-31-11-4-5-12-32(31)25-34)46(44)50-47(51)38-27-36(35-14-10-23-48-30-35)26-37(28-38)43-29-33-13-6-7-17-40(33)41-18-8-9-19-42(41)43/h1-22,24-30,45,47-50H,23H2. The Morgan fingerprint density at radius 1 is 0.569 bits per heavy atom. The summed E-state index contributed by atoms with van der Waals surface area (Å²) in [6.45, 7) is 0.837. The molecule has 0 spiro atoms. The summed E-state index contributed by atoms with van der Waals surface area (Å²) >= 11 is 0. The molecule has 0 amide bonds. The predicted molar refractivity (Wildman–Crippen MR) is 213 cm³/mol. The van der Waals surface area contributed by atoms with E-state index in [1.807, 2.05) is 0 Å². The second kappa shape index (κ2) is 12.1. The minimum absolute atomic E-state index is 0.0221. The Balaban J connectivity index is 1.16. The Labute approximate surface area is 297 Å². The van der Waals surface area contributed by atoms with Gasteiger partial charge in [0.25, 0.3) is 0 Å². The van der Waals surface area contributed by atoms with E-state index in [0.29, 0.717) is 0 Å². The molecule has 10 rings (SSSR count). The highest BCUT2D eigenvalue weighted by atomic mass is 15.3. The summed E-state index contributed by atoms with van der Waals surface area (Å²) in [4.78, 5) is 2.46. The topological polar surface area (TPSA) is 39.3 Å². The van der Waals surface area contributed by atoms with Gasteiger partial charge in [0, 0.05) is 18.4 Å². The Morgan fingerprint density at radius 2 is 1.31 bits per heavy atom. The smallest absolute Gasteiger partial charge is 0.130 e. The van der Waals surface area contributed by atoms with Crippen LogP contribution in [0.25, 0.3) is 49.0 Å². The lowest BCUT2D eigenvalue weighted by Crippen LogP contribution is -2.30. The van der Waals surface area contributed by atoms with E-state index in [1.165, 1.54) is 77.1 Å². The molecule has 4 heteroatoms. The molecule has 0 aromatic heterocycles. The third kappa shape index (κ3) is 5.07. The van der Waals surface area contributed by atoms with Crippen molar-refractivity contribution in [3.63, 3.8) is 0 Å². The average Bonchev–Trinajstić information content (AvgIpc) is 3.61. The minimum Gasteiger partial charge on any atom is -0.387 e.